The number of ether oxygens (including phenoxy) is 4. The number of rotatable bonds is 8. The molecule has 0 bridgehead atoms. The van der Waals surface area contributed by atoms with Crippen LogP contribution in [-0.2, 0) is 36.1 Å². The van der Waals surface area contributed by atoms with Crippen molar-refractivity contribution in [2.75, 3.05) is 38.7 Å². The Morgan fingerprint density at radius 3 is 2.43 bits per heavy atom. The molecule has 42 heavy (non-hydrogen) atoms. The molecule has 10 nitrogen and oxygen atoms in total. The zero-order valence-electron chi connectivity index (χ0n) is 24.4. The van der Waals surface area contributed by atoms with E-state index in [-0.39, 0.29) is 43.7 Å². The van der Waals surface area contributed by atoms with Crippen LogP contribution in [0.5, 0.6) is 0 Å². The van der Waals surface area contributed by atoms with Crippen molar-refractivity contribution in [3.8, 4) is 0 Å². The minimum Gasteiger partial charge on any atom is -0.469 e. The number of methoxy groups -OCH3 is 1. The van der Waals surface area contributed by atoms with Crippen LogP contribution in [0.3, 0.4) is 0 Å². The van der Waals surface area contributed by atoms with Crippen molar-refractivity contribution in [1.29, 1.82) is 0 Å². The van der Waals surface area contributed by atoms with E-state index in [0.29, 0.717) is 24.5 Å². The van der Waals surface area contributed by atoms with E-state index in [2.05, 4.69) is 15.3 Å². The molecule has 0 spiro atoms. The maximum atomic E-state index is 15.8. The summed E-state index contributed by atoms with van der Waals surface area (Å²) in [5.41, 5.74) is -0.742. The standard InChI is InChI=1S/C29H37F3N4O6/c1-17(35-25-23(26-40-13-14-41-26)21(33-16-34-25)15-22(37)39-5)19-7-6-8-20(24(19)30)29(31,32)18-9-11-36(12-10-18)27(38)42-28(2,3)4/h6-8,16-18,26H,9-15H2,1-5H3,(H,33,34,35)/t17-/m1/s1. The molecule has 2 aliphatic heterocycles. The Labute approximate surface area is 242 Å². The van der Waals surface area contributed by atoms with Gasteiger partial charge in [0.05, 0.1) is 49.6 Å². The molecule has 2 saturated heterocycles. The molecule has 1 atom stereocenters. The topological polar surface area (TPSA) is 112 Å². The summed E-state index contributed by atoms with van der Waals surface area (Å²) in [6.07, 6.45) is -0.367. The SMILES string of the molecule is COC(=O)Cc1ncnc(N[C@H](C)c2cccc(C(F)(F)C3CCN(C(=O)OC(C)(C)C)CC3)c2F)c1C1OCCO1. The Morgan fingerprint density at radius 1 is 1.14 bits per heavy atom. The van der Waals surface area contributed by atoms with Crippen molar-refractivity contribution in [2.24, 2.45) is 5.92 Å². The Hall–Kier alpha value is -3.45. The summed E-state index contributed by atoms with van der Waals surface area (Å²) >= 11 is 0. The Morgan fingerprint density at radius 2 is 1.81 bits per heavy atom. The number of halogens is 3. The summed E-state index contributed by atoms with van der Waals surface area (Å²) in [6.45, 7) is 7.63. The van der Waals surface area contributed by atoms with Crippen LogP contribution in [0.1, 0.15) is 75.3 Å². The van der Waals surface area contributed by atoms with Crippen molar-refractivity contribution >= 4 is 17.9 Å². The van der Waals surface area contributed by atoms with Gasteiger partial charge in [0.2, 0.25) is 0 Å². The van der Waals surface area contributed by atoms with Crippen LogP contribution in [-0.4, -0.2) is 65.9 Å². The smallest absolute Gasteiger partial charge is 0.410 e. The lowest BCUT2D eigenvalue weighted by molar-refractivity contribution is -0.139. The minimum atomic E-state index is -3.47. The van der Waals surface area contributed by atoms with E-state index < -0.39 is 53.2 Å². The third kappa shape index (κ3) is 7.12. The molecule has 2 aromatic rings. The molecule has 1 N–H and O–H groups in total. The number of carbonyl (C=O) groups is 2. The lowest BCUT2D eigenvalue weighted by Crippen LogP contribution is -2.44. The van der Waals surface area contributed by atoms with Gasteiger partial charge in [0.15, 0.2) is 6.29 Å². The maximum absolute atomic E-state index is 15.8. The second-order valence-corrected chi connectivity index (χ2v) is 11.3. The summed E-state index contributed by atoms with van der Waals surface area (Å²) in [5.74, 6) is -5.98. The van der Waals surface area contributed by atoms with Gasteiger partial charge in [0.25, 0.3) is 5.92 Å². The minimum absolute atomic E-state index is 0.00162. The third-order valence-corrected chi connectivity index (χ3v) is 7.23. The van der Waals surface area contributed by atoms with Gasteiger partial charge in [-0.1, -0.05) is 18.2 Å². The van der Waals surface area contributed by atoms with Crippen LogP contribution in [0.25, 0.3) is 0 Å². The van der Waals surface area contributed by atoms with Crippen molar-refractivity contribution in [2.45, 2.75) is 70.8 Å². The fourth-order valence-electron chi connectivity index (χ4n) is 5.07. The number of nitrogens with one attached hydrogen (secondary N) is 1. The van der Waals surface area contributed by atoms with Crippen LogP contribution in [0, 0.1) is 11.7 Å². The molecule has 1 aromatic heterocycles. The van der Waals surface area contributed by atoms with E-state index in [0.717, 1.165) is 6.07 Å². The summed E-state index contributed by atoms with van der Waals surface area (Å²) in [5, 5.41) is 3.06. The first kappa shape index (κ1) is 31.5. The largest absolute Gasteiger partial charge is 0.469 e. The van der Waals surface area contributed by atoms with Crippen LogP contribution in [0.4, 0.5) is 23.8 Å². The zero-order valence-corrected chi connectivity index (χ0v) is 24.4. The second-order valence-electron chi connectivity index (χ2n) is 11.3. The summed E-state index contributed by atoms with van der Waals surface area (Å²) in [6, 6.07) is 3.10. The highest BCUT2D eigenvalue weighted by molar-refractivity contribution is 5.73. The number of aromatic nitrogens is 2. The highest BCUT2D eigenvalue weighted by Crippen LogP contribution is 2.44. The molecular weight excluding hydrogens is 557 g/mol. The average molecular weight is 595 g/mol. The van der Waals surface area contributed by atoms with Crippen molar-refractivity contribution in [1.82, 2.24) is 14.9 Å². The van der Waals surface area contributed by atoms with E-state index in [1.165, 1.54) is 30.5 Å². The predicted octanol–water partition coefficient (Wildman–Crippen LogP) is 5.29. The Balaban J connectivity index is 1.54. The summed E-state index contributed by atoms with van der Waals surface area (Å²) in [7, 11) is 1.25. The molecule has 0 unspecified atom stereocenters. The van der Waals surface area contributed by atoms with Gasteiger partial charge in [-0.2, -0.15) is 0 Å². The molecule has 2 fully saturated rings. The van der Waals surface area contributed by atoms with Crippen molar-refractivity contribution in [3.63, 3.8) is 0 Å². The second kappa shape index (κ2) is 12.8. The quantitative estimate of drug-likeness (QED) is 0.408. The number of piperidine rings is 1. The number of amides is 1. The first-order valence-corrected chi connectivity index (χ1v) is 13.9. The van der Waals surface area contributed by atoms with Crippen LogP contribution >= 0.6 is 0 Å². The molecular formula is C29H37F3N4O6. The fraction of sp³-hybridized carbons (Fsp3) is 0.586. The van der Waals surface area contributed by atoms with E-state index in [1.54, 1.807) is 27.7 Å². The predicted molar refractivity (Wildman–Crippen MR) is 145 cm³/mol. The molecule has 13 heteroatoms. The highest BCUT2D eigenvalue weighted by atomic mass is 19.3. The van der Waals surface area contributed by atoms with E-state index >= 15 is 13.2 Å². The number of alkyl halides is 2. The van der Waals surface area contributed by atoms with Crippen LogP contribution in [0.15, 0.2) is 24.5 Å². The van der Waals surface area contributed by atoms with Gasteiger partial charge in [-0.3, -0.25) is 4.79 Å². The van der Waals surface area contributed by atoms with E-state index in [1.807, 2.05) is 0 Å². The number of esters is 1. The van der Waals surface area contributed by atoms with Crippen molar-refractivity contribution < 1.29 is 41.7 Å². The Kier molecular flexibility index (Phi) is 9.61. The maximum Gasteiger partial charge on any atom is 0.410 e. The molecule has 0 saturated carbocycles. The van der Waals surface area contributed by atoms with E-state index in [9.17, 15) is 9.59 Å². The average Bonchev–Trinajstić information content (AvgIpc) is 3.47. The first-order chi connectivity index (χ1) is 19.8. The molecule has 1 aromatic carbocycles. The van der Waals surface area contributed by atoms with Crippen LogP contribution < -0.4 is 5.32 Å². The van der Waals surface area contributed by atoms with Crippen LogP contribution in [0.2, 0.25) is 0 Å². The molecule has 1 amide bonds. The third-order valence-electron chi connectivity index (χ3n) is 7.23. The van der Waals surface area contributed by atoms with Gasteiger partial charge in [-0.15, -0.1) is 0 Å². The molecule has 3 heterocycles. The lowest BCUT2D eigenvalue weighted by Gasteiger charge is -2.37. The molecule has 230 valence electrons. The van der Waals surface area contributed by atoms with Gasteiger partial charge in [-0.25, -0.2) is 27.9 Å². The molecule has 0 radical (unpaired) electrons. The normalized spacial score (nSPS) is 17.7. The van der Waals surface area contributed by atoms with Gasteiger partial charge < -0.3 is 29.2 Å². The first-order valence-electron chi connectivity index (χ1n) is 13.9. The lowest BCUT2D eigenvalue weighted by atomic mass is 9.85. The monoisotopic (exact) mass is 594 g/mol. The number of anilines is 1. The summed E-state index contributed by atoms with van der Waals surface area (Å²) < 4.78 is 68.7. The number of nitrogens with zero attached hydrogens (tertiary/aromatic N) is 3. The number of likely N-dealkylation sites (tertiary alicyclic amines) is 1. The number of carbonyl (C=O) groups excluding carboxylic acids is 2. The van der Waals surface area contributed by atoms with E-state index in [4.69, 9.17) is 18.9 Å². The van der Waals surface area contributed by atoms with Crippen molar-refractivity contribution in [3.05, 3.63) is 52.7 Å². The number of hydrogen-bond donors (Lipinski definition) is 1. The summed E-state index contributed by atoms with van der Waals surface area (Å²) in [4.78, 5) is 34.2. The highest BCUT2D eigenvalue weighted by Gasteiger charge is 2.46. The van der Waals surface area contributed by atoms with Gasteiger partial charge in [0.1, 0.15) is 23.6 Å². The Bertz CT molecular complexity index is 1270. The molecule has 2 aliphatic rings. The van der Waals surface area contributed by atoms with Gasteiger partial charge in [-0.05, 0) is 40.5 Å². The molecule has 4 rings (SSSR count). The van der Waals surface area contributed by atoms with Gasteiger partial charge in [0, 0.05) is 24.6 Å². The number of hydrogen-bond acceptors (Lipinski definition) is 9. The fourth-order valence-corrected chi connectivity index (χ4v) is 5.07. The number of benzene rings is 1. The van der Waals surface area contributed by atoms with Gasteiger partial charge >= 0.3 is 12.1 Å². The molecule has 0 aliphatic carbocycles. The zero-order chi connectivity index (χ0) is 30.7.